The zero-order valence-corrected chi connectivity index (χ0v) is 16.7. The summed E-state index contributed by atoms with van der Waals surface area (Å²) in [4.78, 5) is 12.5. The number of aryl methyl sites for hydroxylation is 2. The highest BCUT2D eigenvalue weighted by Crippen LogP contribution is 2.17. The van der Waals surface area contributed by atoms with E-state index >= 15 is 0 Å². The number of thiazole rings is 1. The maximum absolute atomic E-state index is 12.9. The standard InChI is InChI=1S/C19H27FN4OS/c1-5-21-19(22-11-10-18-14(2)23-15(3)26-18)24(4)12-13-25-17-8-6-16(20)7-9-17/h6-9H,5,10-13H2,1-4H3,(H,21,22). The molecule has 142 valence electrons. The lowest BCUT2D eigenvalue weighted by atomic mass is 10.3. The Kier molecular flexibility index (Phi) is 7.84. The van der Waals surface area contributed by atoms with Gasteiger partial charge in [0, 0.05) is 31.4 Å². The molecule has 0 saturated heterocycles. The monoisotopic (exact) mass is 378 g/mol. The molecular weight excluding hydrogens is 351 g/mol. The molecule has 0 radical (unpaired) electrons. The van der Waals surface area contributed by atoms with E-state index in [0.717, 1.165) is 29.6 Å². The molecule has 1 aromatic heterocycles. The molecule has 0 spiro atoms. The third kappa shape index (κ3) is 6.29. The highest BCUT2D eigenvalue weighted by atomic mass is 32.1. The van der Waals surface area contributed by atoms with E-state index in [4.69, 9.17) is 9.73 Å². The number of guanidine groups is 1. The van der Waals surface area contributed by atoms with Crippen molar-refractivity contribution < 1.29 is 9.13 Å². The number of aromatic nitrogens is 1. The van der Waals surface area contributed by atoms with Gasteiger partial charge in [0.25, 0.3) is 0 Å². The van der Waals surface area contributed by atoms with Crippen molar-refractivity contribution in [2.75, 3.05) is 33.3 Å². The molecule has 0 aliphatic carbocycles. The number of ether oxygens (including phenoxy) is 1. The molecule has 2 rings (SSSR count). The van der Waals surface area contributed by atoms with Crippen LogP contribution in [-0.4, -0.2) is 49.1 Å². The number of halogens is 1. The Hall–Kier alpha value is -2.15. The predicted molar refractivity (Wildman–Crippen MR) is 106 cm³/mol. The van der Waals surface area contributed by atoms with Gasteiger partial charge >= 0.3 is 0 Å². The molecule has 0 fully saturated rings. The normalized spacial score (nSPS) is 11.5. The number of likely N-dealkylation sites (N-methyl/N-ethyl adjacent to an activating group) is 1. The third-order valence-electron chi connectivity index (χ3n) is 3.81. The fraction of sp³-hybridized carbons (Fsp3) is 0.474. The number of hydrogen-bond acceptors (Lipinski definition) is 4. The summed E-state index contributed by atoms with van der Waals surface area (Å²) >= 11 is 1.74. The number of hydrogen-bond donors (Lipinski definition) is 1. The van der Waals surface area contributed by atoms with Crippen molar-refractivity contribution >= 4 is 17.3 Å². The van der Waals surface area contributed by atoms with E-state index in [2.05, 4.69) is 17.2 Å². The Labute approximate surface area is 158 Å². The van der Waals surface area contributed by atoms with Crippen LogP contribution in [0.5, 0.6) is 5.75 Å². The average Bonchev–Trinajstić information content (AvgIpc) is 2.93. The van der Waals surface area contributed by atoms with Crippen LogP contribution in [0.3, 0.4) is 0 Å². The van der Waals surface area contributed by atoms with Gasteiger partial charge < -0.3 is 15.0 Å². The summed E-state index contributed by atoms with van der Waals surface area (Å²) in [5.74, 6) is 1.26. The quantitative estimate of drug-likeness (QED) is 0.565. The molecule has 26 heavy (non-hydrogen) atoms. The first-order chi connectivity index (χ1) is 12.5. The number of benzene rings is 1. The minimum Gasteiger partial charge on any atom is -0.492 e. The molecule has 0 unspecified atom stereocenters. The summed E-state index contributed by atoms with van der Waals surface area (Å²) in [6.45, 7) is 8.83. The van der Waals surface area contributed by atoms with Gasteiger partial charge in [0.15, 0.2) is 5.96 Å². The van der Waals surface area contributed by atoms with Crippen LogP contribution < -0.4 is 10.1 Å². The first-order valence-electron chi connectivity index (χ1n) is 8.80. The fourth-order valence-corrected chi connectivity index (χ4v) is 3.40. The summed E-state index contributed by atoms with van der Waals surface area (Å²) in [7, 11) is 1.98. The van der Waals surface area contributed by atoms with Gasteiger partial charge in [-0.15, -0.1) is 11.3 Å². The van der Waals surface area contributed by atoms with Crippen LogP contribution >= 0.6 is 11.3 Å². The topological polar surface area (TPSA) is 49.8 Å². The summed E-state index contributed by atoms with van der Waals surface area (Å²) in [6.07, 6.45) is 0.895. The Bertz CT molecular complexity index is 715. The van der Waals surface area contributed by atoms with Crippen molar-refractivity contribution in [3.8, 4) is 5.75 Å². The van der Waals surface area contributed by atoms with Crippen molar-refractivity contribution in [2.45, 2.75) is 27.2 Å². The molecule has 1 aromatic carbocycles. The van der Waals surface area contributed by atoms with E-state index in [1.54, 1.807) is 23.5 Å². The summed E-state index contributed by atoms with van der Waals surface area (Å²) in [5.41, 5.74) is 1.11. The Morgan fingerprint density at radius 2 is 2.04 bits per heavy atom. The molecule has 0 bridgehead atoms. The number of rotatable bonds is 8. The summed E-state index contributed by atoms with van der Waals surface area (Å²) < 4.78 is 18.6. The van der Waals surface area contributed by atoms with E-state index in [9.17, 15) is 4.39 Å². The maximum atomic E-state index is 12.9. The predicted octanol–water partition coefficient (Wildman–Crippen LogP) is 3.42. The lowest BCUT2D eigenvalue weighted by Gasteiger charge is -2.22. The fourth-order valence-electron chi connectivity index (χ4n) is 2.48. The van der Waals surface area contributed by atoms with Gasteiger partial charge in [-0.25, -0.2) is 9.37 Å². The van der Waals surface area contributed by atoms with Crippen molar-refractivity contribution in [1.82, 2.24) is 15.2 Å². The van der Waals surface area contributed by atoms with Crippen LogP contribution in [0.2, 0.25) is 0 Å². The van der Waals surface area contributed by atoms with Gasteiger partial charge in [-0.05, 0) is 45.0 Å². The molecular formula is C19H27FN4OS. The van der Waals surface area contributed by atoms with Crippen LogP contribution in [-0.2, 0) is 6.42 Å². The first-order valence-corrected chi connectivity index (χ1v) is 9.62. The van der Waals surface area contributed by atoms with Gasteiger partial charge in [0.2, 0.25) is 0 Å². The molecule has 0 amide bonds. The van der Waals surface area contributed by atoms with Crippen LogP contribution in [0.15, 0.2) is 29.3 Å². The lowest BCUT2D eigenvalue weighted by molar-refractivity contribution is 0.281. The molecule has 1 N–H and O–H groups in total. The molecule has 0 aliphatic rings. The van der Waals surface area contributed by atoms with Crippen LogP contribution in [0.4, 0.5) is 4.39 Å². The van der Waals surface area contributed by atoms with Gasteiger partial charge in [-0.2, -0.15) is 0 Å². The zero-order chi connectivity index (χ0) is 18.9. The number of aliphatic imine (C=N–C) groups is 1. The van der Waals surface area contributed by atoms with Gasteiger partial charge in [-0.1, -0.05) is 0 Å². The number of nitrogens with zero attached hydrogens (tertiary/aromatic N) is 3. The Balaban J connectivity index is 1.84. The third-order valence-corrected chi connectivity index (χ3v) is 4.94. The van der Waals surface area contributed by atoms with Crippen LogP contribution in [0, 0.1) is 19.7 Å². The Morgan fingerprint density at radius 3 is 2.65 bits per heavy atom. The number of nitrogens with one attached hydrogen (secondary N) is 1. The highest BCUT2D eigenvalue weighted by Gasteiger charge is 2.07. The summed E-state index contributed by atoms with van der Waals surface area (Å²) in [6, 6.07) is 6.06. The van der Waals surface area contributed by atoms with E-state index in [0.29, 0.717) is 25.4 Å². The maximum Gasteiger partial charge on any atom is 0.193 e. The van der Waals surface area contributed by atoms with Crippen LogP contribution in [0.25, 0.3) is 0 Å². The molecule has 7 heteroatoms. The van der Waals surface area contributed by atoms with Crippen molar-refractivity contribution in [3.05, 3.63) is 45.7 Å². The highest BCUT2D eigenvalue weighted by molar-refractivity contribution is 7.11. The van der Waals surface area contributed by atoms with E-state index in [1.807, 2.05) is 25.8 Å². The van der Waals surface area contributed by atoms with Crippen molar-refractivity contribution in [2.24, 2.45) is 4.99 Å². The largest absolute Gasteiger partial charge is 0.492 e. The molecule has 0 aliphatic heterocycles. The summed E-state index contributed by atoms with van der Waals surface area (Å²) in [5, 5.41) is 4.40. The average molecular weight is 379 g/mol. The van der Waals surface area contributed by atoms with E-state index in [-0.39, 0.29) is 5.82 Å². The minimum absolute atomic E-state index is 0.262. The smallest absolute Gasteiger partial charge is 0.193 e. The van der Waals surface area contributed by atoms with Crippen molar-refractivity contribution in [1.29, 1.82) is 0 Å². The van der Waals surface area contributed by atoms with Gasteiger partial charge in [0.05, 0.1) is 17.2 Å². The second-order valence-corrected chi connectivity index (χ2v) is 7.24. The zero-order valence-electron chi connectivity index (χ0n) is 15.9. The second kappa shape index (κ2) is 10.1. The molecule has 2 aromatic rings. The molecule has 0 saturated carbocycles. The Morgan fingerprint density at radius 1 is 1.31 bits per heavy atom. The second-order valence-electron chi connectivity index (χ2n) is 5.95. The molecule has 1 heterocycles. The lowest BCUT2D eigenvalue weighted by Crippen LogP contribution is -2.41. The van der Waals surface area contributed by atoms with E-state index in [1.165, 1.54) is 17.0 Å². The van der Waals surface area contributed by atoms with Crippen LogP contribution in [0.1, 0.15) is 22.5 Å². The van der Waals surface area contributed by atoms with Gasteiger partial charge in [-0.3, -0.25) is 4.99 Å². The van der Waals surface area contributed by atoms with Gasteiger partial charge in [0.1, 0.15) is 18.2 Å². The van der Waals surface area contributed by atoms with Crippen molar-refractivity contribution in [3.63, 3.8) is 0 Å². The first kappa shape index (κ1) is 20.2. The SMILES string of the molecule is CCNC(=NCCc1sc(C)nc1C)N(C)CCOc1ccc(F)cc1. The minimum atomic E-state index is -0.262. The molecule has 0 atom stereocenters. The van der Waals surface area contributed by atoms with E-state index < -0.39 is 0 Å². The molecule has 5 nitrogen and oxygen atoms in total.